The normalized spacial score (nSPS) is 25.5. The van der Waals surface area contributed by atoms with Crippen LogP contribution in [-0.2, 0) is 14.3 Å². The van der Waals surface area contributed by atoms with Gasteiger partial charge in [-0.05, 0) is 32.1 Å². The van der Waals surface area contributed by atoms with Crippen LogP contribution in [0.15, 0.2) is 0 Å². The largest absolute Gasteiger partial charge is 0.469 e. The Kier molecular flexibility index (Phi) is 5.02. The molecule has 1 amide bonds. The van der Waals surface area contributed by atoms with Crippen molar-refractivity contribution >= 4 is 11.9 Å². The molecule has 2 N–H and O–H groups in total. The van der Waals surface area contributed by atoms with Crippen LogP contribution < -0.4 is 5.73 Å². The summed E-state index contributed by atoms with van der Waals surface area (Å²) in [6.07, 6.45) is 7.82. The number of hydrogen-bond donors (Lipinski definition) is 1. The van der Waals surface area contributed by atoms with E-state index in [9.17, 15) is 9.59 Å². The lowest BCUT2D eigenvalue weighted by Gasteiger charge is -2.37. The highest BCUT2D eigenvalue weighted by atomic mass is 16.5. The highest BCUT2D eigenvalue weighted by Crippen LogP contribution is 2.32. The Balaban J connectivity index is 1.96. The van der Waals surface area contributed by atoms with Crippen molar-refractivity contribution in [2.75, 3.05) is 13.7 Å². The van der Waals surface area contributed by atoms with Gasteiger partial charge >= 0.3 is 5.97 Å². The van der Waals surface area contributed by atoms with Crippen molar-refractivity contribution < 1.29 is 14.3 Å². The third kappa shape index (κ3) is 3.72. The van der Waals surface area contributed by atoms with E-state index in [1.807, 2.05) is 4.90 Å². The molecule has 1 atom stereocenters. The Bertz CT molecular complexity index is 364. The molecule has 5 heteroatoms. The quantitative estimate of drug-likeness (QED) is 0.795. The van der Waals surface area contributed by atoms with Crippen molar-refractivity contribution in [2.24, 2.45) is 5.73 Å². The van der Waals surface area contributed by atoms with Gasteiger partial charge in [0, 0.05) is 24.5 Å². The first-order valence-electron chi connectivity index (χ1n) is 7.69. The lowest BCUT2D eigenvalue weighted by molar-refractivity contribution is -0.145. The molecule has 114 valence electrons. The molecule has 1 saturated carbocycles. The van der Waals surface area contributed by atoms with Crippen LogP contribution in [0.5, 0.6) is 0 Å². The van der Waals surface area contributed by atoms with Gasteiger partial charge in [-0.25, -0.2) is 0 Å². The number of carbonyl (C=O) groups is 2. The Morgan fingerprint density at radius 1 is 1.25 bits per heavy atom. The molecule has 0 aromatic heterocycles. The number of likely N-dealkylation sites (tertiary alicyclic amines) is 1. The number of rotatable bonds is 4. The molecule has 0 aromatic rings. The molecule has 1 aliphatic heterocycles. The molecular formula is C15H26N2O3. The summed E-state index contributed by atoms with van der Waals surface area (Å²) >= 11 is 0. The van der Waals surface area contributed by atoms with Crippen LogP contribution in [0.3, 0.4) is 0 Å². The lowest BCUT2D eigenvalue weighted by atomic mass is 9.92. The molecule has 1 heterocycles. The third-order valence-corrected chi connectivity index (χ3v) is 4.68. The number of nitrogens with zero attached hydrogens (tertiary/aromatic N) is 1. The summed E-state index contributed by atoms with van der Waals surface area (Å²) in [5, 5.41) is 0. The van der Waals surface area contributed by atoms with Gasteiger partial charge in [-0.15, -0.1) is 0 Å². The first-order chi connectivity index (χ1) is 9.54. The minimum atomic E-state index is -0.315. The van der Waals surface area contributed by atoms with E-state index in [1.165, 1.54) is 7.11 Å². The minimum Gasteiger partial charge on any atom is -0.469 e. The van der Waals surface area contributed by atoms with Crippen molar-refractivity contribution in [3.8, 4) is 0 Å². The summed E-state index contributed by atoms with van der Waals surface area (Å²) in [5.74, 6) is -0.124. The molecule has 2 rings (SSSR count). The van der Waals surface area contributed by atoms with Crippen molar-refractivity contribution in [3.63, 3.8) is 0 Å². The third-order valence-electron chi connectivity index (χ3n) is 4.68. The number of methoxy groups -OCH3 is 1. The maximum Gasteiger partial charge on any atom is 0.307 e. The number of carbonyl (C=O) groups excluding carboxylic acids is 2. The highest BCUT2D eigenvalue weighted by molar-refractivity contribution is 5.79. The summed E-state index contributed by atoms with van der Waals surface area (Å²) < 4.78 is 4.73. The number of esters is 1. The zero-order valence-corrected chi connectivity index (χ0v) is 12.4. The second-order valence-corrected chi connectivity index (χ2v) is 6.26. The van der Waals surface area contributed by atoms with Gasteiger partial charge in [-0.1, -0.05) is 12.8 Å². The van der Waals surface area contributed by atoms with Crippen molar-refractivity contribution in [2.45, 2.75) is 69.4 Å². The first kappa shape index (κ1) is 15.3. The van der Waals surface area contributed by atoms with E-state index in [-0.39, 0.29) is 23.5 Å². The Morgan fingerprint density at radius 3 is 2.60 bits per heavy atom. The van der Waals surface area contributed by atoms with Gasteiger partial charge in [0.1, 0.15) is 0 Å². The van der Waals surface area contributed by atoms with Gasteiger partial charge < -0.3 is 15.4 Å². The summed E-state index contributed by atoms with van der Waals surface area (Å²) in [5.41, 5.74) is 5.99. The molecule has 0 spiro atoms. The van der Waals surface area contributed by atoms with Gasteiger partial charge in [0.2, 0.25) is 5.91 Å². The molecule has 0 bridgehead atoms. The average molecular weight is 282 g/mol. The van der Waals surface area contributed by atoms with Crippen LogP contribution in [0.25, 0.3) is 0 Å². The van der Waals surface area contributed by atoms with Gasteiger partial charge in [0.05, 0.1) is 13.5 Å². The fraction of sp³-hybridized carbons (Fsp3) is 0.867. The smallest absolute Gasteiger partial charge is 0.307 e. The predicted molar refractivity (Wildman–Crippen MR) is 76.0 cm³/mol. The van der Waals surface area contributed by atoms with Crippen LogP contribution in [0, 0.1) is 0 Å². The molecule has 0 radical (unpaired) electrons. The molecule has 20 heavy (non-hydrogen) atoms. The molecule has 1 unspecified atom stereocenters. The van der Waals surface area contributed by atoms with Gasteiger partial charge in [-0.2, -0.15) is 0 Å². The van der Waals surface area contributed by atoms with Crippen LogP contribution in [0.1, 0.15) is 57.8 Å². The highest BCUT2D eigenvalue weighted by Gasteiger charge is 2.36. The van der Waals surface area contributed by atoms with Crippen LogP contribution in [-0.4, -0.2) is 42.0 Å². The van der Waals surface area contributed by atoms with E-state index in [1.54, 1.807) is 0 Å². The second-order valence-electron chi connectivity index (χ2n) is 6.26. The molecule has 1 saturated heterocycles. The maximum absolute atomic E-state index is 12.5. The topological polar surface area (TPSA) is 72.6 Å². The van der Waals surface area contributed by atoms with Crippen LogP contribution in [0.4, 0.5) is 0 Å². The van der Waals surface area contributed by atoms with Crippen molar-refractivity contribution in [1.82, 2.24) is 4.90 Å². The van der Waals surface area contributed by atoms with Gasteiger partial charge in [-0.3, -0.25) is 9.59 Å². The number of ether oxygens (including phenoxy) is 1. The van der Waals surface area contributed by atoms with E-state index >= 15 is 0 Å². The van der Waals surface area contributed by atoms with E-state index < -0.39 is 0 Å². The zero-order chi connectivity index (χ0) is 14.6. The van der Waals surface area contributed by atoms with E-state index in [0.717, 1.165) is 51.5 Å². The summed E-state index contributed by atoms with van der Waals surface area (Å²) in [7, 11) is 1.39. The monoisotopic (exact) mass is 282 g/mol. The molecule has 2 fully saturated rings. The zero-order valence-electron chi connectivity index (χ0n) is 12.4. The van der Waals surface area contributed by atoms with E-state index in [0.29, 0.717) is 12.8 Å². The number of nitrogens with two attached hydrogens (primary N) is 1. The Labute approximate surface area is 120 Å². The predicted octanol–water partition coefficient (Wildman–Crippen LogP) is 1.59. The fourth-order valence-electron chi connectivity index (χ4n) is 3.48. The average Bonchev–Trinajstić information content (AvgIpc) is 2.85. The second kappa shape index (κ2) is 6.57. The van der Waals surface area contributed by atoms with Crippen molar-refractivity contribution in [3.05, 3.63) is 0 Å². The lowest BCUT2D eigenvalue weighted by Crippen LogP contribution is -2.49. The number of hydrogen-bond acceptors (Lipinski definition) is 4. The fourth-order valence-corrected chi connectivity index (χ4v) is 3.48. The molecule has 1 aliphatic carbocycles. The Morgan fingerprint density at radius 2 is 1.95 bits per heavy atom. The standard InChI is InChI=1S/C15H26N2O3/c1-20-14(19)10-12-6-2-5-9-17(12)13(18)11-15(16)7-3-4-8-15/h12H,2-11,16H2,1H3. The van der Waals surface area contributed by atoms with Crippen LogP contribution in [0.2, 0.25) is 0 Å². The Hall–Kier alpha value is -1.10. The summed E-state index contributed by atoms with van der Waals surface area (Å²) in [6.45, 7) is 0.747. The summed E-state index contributed by atoms with van der Waals surface area (Å²) in [6, 6.07) is -0.00583. The molecule has 2 aliphatic rings. The maximum atomic E-state index is 12.5. The van der Waals surface area contributed by atoms with Crippen molar-refractivity contribution in [1.29, 1.82) is 0 Å². The SMILES string of the molecule is COC(=O)CC1CCCCN1C(=O)CC1(N)CCCC1. The van der Waals surface area contributed by atoms with E-state index in [4.69, 9.17) is 10.5 Å². The molecule has 0 aromatic carbocycles. The van der Waals surface area contributed by atoms with Gasteiger partial charge in [0.15, 0.2) is 0 Å². The number of piperidine rings is 1. The van der Waals surface area contributed by atoms with Gasteiger partial charge in [0.25, 0.3) is 0 Å². The molecular weight excluding hydrogens is 256 g/mol. The summed E-state index contributed by atoms with van der Waals surface area (Å²) in [4.78, 5) is 25.9. The van der Waals surface area contributed by atoms with Crippen LogP contribution >= 0.6 is 0 Å². The minimum absolute atomic E-state index is 0.00583. The van der Waals surface area contributed by atoms with E-state index in [2.05, 4.69) is 0 Å². The molecule has 5 nitrogen and oxygen atoms in total. The number of amides is 1. The first-order valence-corrected chi connectivity index (χ1v) is 7.69.